The number of hydrogen-bond acceptors (Lipinski definition) is 5. The fourth-order valence-electron chi connectivity index (χ4n) is 2.72. The number of Topliss-reactive ketones (excluding diaryl/α,β-unsaturated/α-hetero) is 1. The molecule has 0 N–H and O–H groups in total. The molecule has 0 fully saturated rings. The maximum Gasteiger partial charge on any atom is 0.138 e. The maximum absolute atomic E-state index is 11.7. The van der Waals surface area contributed by atoms with Crippen molar-refractivity contribution in [2.75, 3.05) is 0 Å². The number of aryl methyl sites for hydroxylation is 1. The fraction of sp³-hybridized carbons (Fsp3) is 0.333. The van der Waals surface area contributed by atoms with E-state index >= 15 is 0 Å². The third-order valence-electron chi connectivity index (χ3n) is 4.18. The second kappa shape index (κ2) is 7.54. The number of pyridine rings is 1. The van der Waals surface area contributed by atoms with Crippen LogP contribution in [0.1, 0.15) is 44.4 Å². The molecule has 5 nitrogen and oxygen atoms in total. The van der Waals surface area contributed by atoms with Crippen molar-refractivity contribution in [3.63, 3.8) is 0 Å². The van der Waals surface area contributed by atoms with Crippen LogP contribution in [0.15, 0.2) is 40.8 Å². The van der Waals surface area contributed by atoms with Crippen LogP contribution in [0, 0.1) is 12.8 Å². The Labute approximate surface area is 153 Å². The number of fused-ring (bicyclic) bond motifs is 1. The fourth-order valence-corrected chi connectivity index (χ4v) is 2.72. The molecule has 0 aromatic carbocycles. The molecule has 0 unspecified atom stereocenters. The summed E-state index contributed by atoms with van der Waals surface area (Å²) in [7, 11) is 0. The van der Waals surface area contributed by atoms with Gasteiger partial charge in [-0.2, -0.15) is 0 Å². The van der Waals surface area contributed by atoms with Crippen LogP contribution < -0.4 is 0 Å². The molecule has 0 bridgehead atoms. The first-order valence-electron chi connectivity index (χ1n) is 8.84. The van der Waals surface area contributed by atoms with Crippen LogP contribution in [0.25, 0.3) is 16.5 Å². The van der Waals surface area contributed by atoms with Crippen molar-refractivity contribution in [3.05, 3.63) is 53.1 Å². The highest BCUT2D eigenvalue weighted by Gasteiger charge is 2.13. The van der Waals surface area contributed by atoms with E-state index in [1.807, 2.05) is 38.3 Å². The lowest BCUT2D eigenvalue weighted by atomic mass is 10.1. The van der Waals surface area contributed by atoms with Crippen LogP contribution in [-0.2, 0) is 11.2 Å². The van der Waals surface area contributed by atoms with Gasteiger partial charge in [-0.3, -0.25) is 14.8 Å². The van der Waals surface area contributed by atoms with Crippen molar-refractivity contribution in [3.8, 4) is 0 Å². The Balaban J connectivity index is 2.05. The molecular weight excluding hydrogens is 324 g/mol. The number of carbonyl (C=O) groups is 1. The van der Waals surface area contributed by atoms with Gasteiger partial charge in [-0.1, -0.05) is 26.5 Å². The topological polar surface area (TPSA) is 68.1 Å². The van der Waals surface area contributed by atoms with E-state index in [0.29, 0.717) is 24.6 Å². The Morgan fingerprint density at radius 2 is 2.08 bits per heavy atom. The van der Waals surface area contributed by atoms with Gasteiger partial charge in [0.25, 0.3) is 0 Å². The van der Waals surface area contributed by atoms with Gasteiger partial charge in [0.2, 0.25) is 0 Å². The van der Waals surface area contributed by atoms with Gasteiger partial charge in [-0.05, 0) is 25.1 Å². The highest BCUT2D eigenvalue weighted by Crippen LogP contribution is 2.24. The largest absolute Gasteiger partial charge is 0.299 e. The number of aliphatic imine (C=N–C) groups is 1. The first-order chi connectivity index (χ1) is 12.5. The van der Waals surface area contributed by atoms with Crippen molar-refractivity contribution in [1.29, 1.82) is 0 Å². The zero-order chi connectivity index (χ0) is 18.7. The monoisotopic (exact) mass is 346 g/mol. The second-order valence-electron chi connectivity index (χ2n) is 6.61. The first kappa shape index (κ1) is 17.9. The minimum atomic E-state index is 0.166. The van der Waals surface area contributed by atoms with E-state index in [1.165, 1.54) is 0 Å². The maximum atomic E-state index is 11.7. The van der Waals surface area contributed by atoms with E-state index in [0.717, 1.165) is 33.6 Å². The molecule has 0 aliphatic carbocycles. The van der Waals surface area contributed by atoms with Gasteiger partial charge in [0.1, 0.15) is 11.6 Å². The predicted molar refractivity (Wildman–Crippen MR) is 104 cm³/mol. The summed E-state index contributed by atoms with van der Waals surface area (Å²) < 4.78 is 0. The van der Waals surface area contributed by atoms with Crippen molar-refractivity contribution < 1.29 is 4.79 Å². The molecule has 0 spiro atoms. The molecule has 3 heterocycles. The van der Waals surface area contributed by atoms with Gasteiger partial charge in [0, 0.05) is 47.8 Å². The van der Waals surface area contributed by atoms with Crippen LogP contribution in [0.2, 0.25) is 0 Å². The third-order valence-corrected chi connectivity index (χ3v) is 4.18. The quantitative estimate of drug-likeness (QED) is 0.767. The van der Waals surface area contributed by atoms with E-state index < -0.39 is 0 Å². The van der Waals surface area contributed by atoms with E-state index in [9.17, 15) is 4.79 Å². The van der Waals surface area contributed by atoms with Crippen molar-refractivity contribution >= 4 is 28.5 Å². The summed E-state index contributed by atoms with van der Waals surface area (Å²) in [5.41, 5.74) is 7.32. The Hall–Kier alpha value is -2.91. The molecule has 0 radical (unpaired) electrons. The van der Waals surface area contributed by atoms with Crippen molar-refractivity contribution in [2.24, 2.45) is 10.9 Å². The third kappa shape index (κ3) is 3.84. The zero-order valence-corrected chi connectivity index (χ0v) is 15.6. The molecule has 0 amide bonds. The lowest BCUT2D eigenvalue weighted by molar-refractivity contribution is -0.118. The van der Waals surface area contributed by atoms with E-state index in [1.54, 1.807) is 6.20 Å². The number of nitrogens with zero attached hydrogens (tertiary/aromatic N) is 4. The minimum absolute atomic E-state index is 0.166. The number of aromatic nitrogens is 3. The molecule has 1 aliphatic heterocycles. The molecule has 5 heteroatoms. The molecule has 1 aliphatic rings. The molecule has 0 saturated heterocycles. The molecule has 2 aromatic heterocycles. The normalized spacial score (nSPS) is 13.7. The van der Waals surface area contributed by atoms with E-state index in [2.05, 4.69) is 39.5 Å². The van der Waals surface area contributed by atoms with Gasteiger partial charge in [-0.25, -0.2) is 9.97 Å². The summed E-state index contributed by atoms with van der Waals surface area (Å²) in [6.07, 6.45) is 8.25. The smallest absolute Gasteiger partial charge is 0.138 e. The molecule has 0 saturated carbocycles. The Morgan fingerprint density at radius 1 is 1.27 bits per heavy atom. The van der Waals surface area contributed by atoms with Crippen LogP contribution in [0.5, 0.6) is 0 Å². The highest BCUT2D eigenvalue weighted by atomic mass is 16.1. The molecule has 2 aromatic rings. The molecular formula is C21H22N4O. The number of carbonyl (C=O) groups excluding carboxylic acids is 1. The second-order valence-corrected chi connectivity index (χ2v) is 6.61. The summed E-state index contributed by atoms with van der Waals surface area (Å²) in [6, 6.07) is 1.88. The lowest BCUT2D eigenvalue weighted by Gasteiger charge is -2.08. The SMILES string of the molecule is CCC(=O)Cc1cc2nc(C)nc(C3=CC=C=C(C(C)C)N=C3)c2cn1. The lowest BCUT2D eigenvalue weighted by Crippen LogP contribution is -2.04. The Kier molecular flexibility index (Phi) is 5.19. The van der Waals surface area contributed by atoms with Crippen LogP contribution in [-0.4, -0.2) is 26.9 Å². The Morgan fingerprint density at radius 3 is 2.81 bits per heavy atom. The van der Waals surface area contributed by atoms with Crippen LogP contribution in [0.4, 0.5) is 0 Å². The zero-order valence-electron chi connectivity index (χ0n) is 15.6. The average molecular weight is 346 g/mol. The van der Waals surface area contributed by atoms with Gasteiger partial charge in [0.15, 0.2) is 0 Å². The van der Waals surface area contributed by atoms with Gasteiger partial charge >= 0.3 is 0 Å². The number of hydrogen-bond donors (Lipinski definition) is 0. The molecule has 26 heavy (non-hydrogen) atoms. The number of rotatable bonds is 5. The summed E-state index contributed by atoms with van der Waals surface area (Å²) >= 11 is 0. The number of allylic oxidation sites excluding steroid dienone is 3. The standard InChI is InChI=1S/C21H22N4O/c1-5-17(26)9-16-10-20-18(12-22-16)21(25-14(4)24-20)15-7-6-8-19(13(2)3)23-11-15/h6-7,10-13H,5,9H2,1-4H3. The summed E-state index contributed by atoms with van der Waals surface area (Å²) in [4.78, 5) is 29.8. The number of ketones is 1. The van der Waals surface area contributed by atoms with Crippen LogP contribution in [0.3, 0.4) is 0 Å². The molecule has 3 rings (SSSR count). The summed E-state index contributed by atoms with van der Waals surface area (Å²) in [5, 5.41) is 0.849. The van der Waals surface area contributed by atoms with E-state index in [4.69, 9.17) is 0 Å². The Bertz CT molecular complexity index is 992. The predicted octanol–water partition coefficient (Wildman–Crippen LogP) is 4.02. The first-order valence-corrected chi connectivity index (χ1v) is 8.84. The highest BCUT2D eigenvalue weighted by molar-refractivity contribution is 6.14. The summed E-state index contributed by atoms with van der Waals surface area (Å²) in [6.45, 7) is 7.90. The van der Waals surface area contributed by atoms with Gasteiger partial charge in [-0.15, -0.1) is 0 Å². The van der Waals surface area contributed by atoms with Crippen LogP contribution >= 0.6 is 0 Å². The summed E-state index contributed by atoms with van der Waals surface area (Å²) in [5.74, 6) is 1.14. The van der Waals surface area contributed by atoms with Gasteiger partial charge < -0.3 is 0 Å². The molecule has 132 valence electrons. The van der Waals surface area contributed by atoms with Gasteiger partial charge in [0.05, 0.1) is 16.9 Å². The van der Waals surface area contributed by atoms with Crippen molar-refractivity contribution in [2.45, 2.75) is 40.5 Å². The van der Waals surface area contributed by atoms with E-state index in [-0.39, 0.29) is 5.78 Å². The molecule has 0 atom stereocenters. The minimum Gasteiger partial charge on any atom is -0.299 e. The average Bonchev–Trinajstić information content (AvgIpc) is 2.86. The van der Waals surface area contributed by atoms with Crippen molar-refractivity contribution in [1.82, 2.24) is 15.0 Å².